The normalized spacial score (nSPS) is 16.6. The minimum atomic E-state index is -0.945. The summed E-state index contributed by atoms with van der Waals surface area (Å²) < 4.78 is 1.79. The lowest BCUT2D eigenvalue weighted by atomic mass is 9.95. The molecule has 28 heavy (non-hydrogen) atoms. The highest BCUT2D eigenvalue weighted by Gasteiger charge is 2.25. The zero-order chi connectivity index (χ0) is 20.5. The number of carbonyl (C=O) groups excluding carboxylic acids is 1. The van der Waals surface area contributed by atoms with Crippen molar-refractivity contribution < 1.29 is 9.90 Å². The number of hydrogen-bond donors (Lipinski definition) is 2. The first-order chi connectivity index (χ1) is 13.2. The van der Waals surface area contributed by atoms with Crippen molar-refractivity contribution in [1.29, 1.82) is 0 Å². The topological polar surface area (TPSA) is 84.2 Å². The first-order valence-electron chi connectivity index (χ1n) is 10.2. The van der Waals surface area contributed by atoms with Gasteiger partial charge in [-0.3, -0.25) is 14.2 Å². The van der Waals surface area contributed by atoms with Crippen LogP contribution >= 0.6 is 11.3 Å². The molecule has 2 aromatic rings. The van der Waals surface area contributed by atoms with Crippen LogP contribution in [0.4, 0.5) is 0 Å². The van der Waals surface area contributed by atoms with E-state index in [1.54, 1.807) is 11.5 Å². The largest absolute Gasteiger partial charge is 0.388 e. The summed E-state index contributed by atoms with van der Waals surface area (Å²) in [5.74, 6) is 1.09. The second-order valence-electron chi connectivity index (χ2n) is 8.64. The molecule has 0 spiro atoms. The van der Waals surface area contributed by atoms with Crippen molar-refractivity contribution in [3.05, 3.63) is 26.6 Å². The molecule has 6 nitrogen and oxygen atoms in total. The molecule has 3 heterocycles. The molecule has 1 atom stereocenters. The Balaban J connectivity index is 1.83. The molecule has 2 aromatic heterocycles. The molecule has 1 aliphatic heterocycles. The molecule has 3 rings (SSSR count). The predicted octanol–water partition coefficient (Wildman–Crippen LogP) is 3.41. The summed E-state index contributed by atoms with van der Waals surface area (Å²) in [5, 5.41) is 13.9. The van der Waals surface area contributed by atoms with Gasteiger partial charge in [0.2, 0.25) is 0 Å². The summed E-state index contributed by atoms with van der Waals surface area (Å²) in [7, 11) is 0. The lowest BCUT2D eigenvalue weighted by Gasteiger charge is -2.24. The Bertz CT molecular complexity index is 927. The van der Waals surface area contributed by atoms with E-state index in [2.05, 4.69) is 19.2 Å². The van der Waals surface area contributed by atoms with Crippen molar-refractivity contribution in [2.24, 2.45) is 5.92 Å². The maximum absolute atomic E-state index is 13.0. The lowest BCUT2D eigenvalue weighted by Crippen LogP contribution is -2.40. The Labute approximate surface area is 170 Å². The van der Waals surface area contributed by atoms with Gasteiger partial charge in [0.05, 0.1) is 15.9 Å². The number of thiophene rings is 1. The smallest absolute Gasteiger partial charge is 0.262 e. The van der Waals surface area contributed by atoms with Crippen molar-refractivity contribution in [3.63, 3.8) is 0 Å². The molecule has 0 fully saturated rings. The number of aromatic nitrogens is 2. The van der Waals surface area contributed by atoms with Gasteiger partial charge in [0.15, 0.2) is 0 Å². The molecule has 1 amide bonds. The van der Waals surface area contributed by atoms with Gasteiger partial charge in [-0.2, -0.15) is 0 Å². The van der Waals surface area contributed by atoms with Crippen LogP contribution in [0.2, 0.25) is 0 Å². The number of amides is 1. The number of rotatable bonds is 6. The van der Waals surface area contributed by atoms with Gasteiger partial charge in [-0.1, -0.05) is 20.3 Å². The third-order valence-electron chi connectivity index (χ3n) is 5.51. The number of nitrogens with zero attached hydrogens (tertiary/aromatic N) is 2. The SMILES string of the molecule is Cc1c(C(=O)NCC(C)(O)CCC(C)C)sc2nc3n(c(=O)c12)CCCCC3. The zero-order valence-corrected chi connectivity index (χ0v) is 18.1. The van der Waals surface area contributed by atoms with E-state index >= 15 is 0 Å². The van der Waals surface area contributed by atoms with Gasteiger partial charge in [-0.15, -0.1) is 11.3 Å². The van der Waals surface area contributed by atoms with Gasteiger partial charge < -0.3 is 10.4 Å². The summed E-state index contributed by atoms with van der Waals surface area (Å²) >= 11 is 1.28. The fraction of sp³-hybridized carbons (Fsp3) is 0.667. The van der Waals surface area contributed by atoms with E-state index in [1.807, 2.05) is 6.92 Å². The first-order valence-corrected chi connectivity index (χ1v) is 11.0. The fourth-order valence-electron chi connectivity index (χ4n) is 3.67. The van der Waals surface area contributed by atoms with Crippen LogP contribution in [0.25, 0.3) is 10.2 Å². The molecule has 0 bridgehead atoms. The van der Waals surface area contributed by atoms with Gasteiger partial charge in [0.1, 0.15) is 10.7 Å². The summed E-state index contributed by atoms with van der Waals surface area (Å²) in [6, 6.07) is 0. The van der Waals surface area contributed by atoms with Gasteiger partial charge >= 0.3 is 0 Å². The van der Waals surface area contributed by atoms with Crippen LogP contribution in [-0.2, 0) is 13.0 Å². The molecule has 0 aliphatic carbocycles. The molecule has 0 radical (unpaired) electrons. The van der Waals surface area contributed by atoms with Crippen LogP contribution < -0.4 is 10.9 Å². The molecule has 0 aromatic carbocycles. The van der Waals surface area contributed by atoms with Crippen molar-refractivity contribution >= 4 is 27.5 Å². The van der Waals surface area contributed by atoms with Crippen LogP contribution in [0.3, 0.4) is 0 Å². The fourth-order valence-corrected chi connectivity index (χ4v) is 4.77. The maximum Gasteiger partial charge on any atom is 0.262 e. The van der Waals surface area contributed by atoms with Gasteiger partial charge in [-0.05, 0) is 51.0 Å². The van der Waals surface area contributed by atoms with Gasteiger partial charge in [0, 0.05) is 19.5 Å². The highest BCUT2D eigenvalue weighted by Crippen LogP contribution is 2.28. The van der Waals surface area contributed by atoms with Crippen LogP contribution in [-0.4, -0.2) is 32.7 Å². The Morgan fingerprint density at radius 3 is 2.82 bits per heavy atom. The average molecular weight is 406 g/mol. The Morgan fingerprint density at radius 1 is 1.36 bits per heavy atom. The van der Waals surface area contributed by atoms with E-state index in [9.17, 15) is 14.7 Å². The van der Waals surface area contributed by atoms with Gasteiger partial charge in [0.25, 0.3) is 11.5 Å². The average Bonchev–Trinajstić information content (AvgIpc) is 2.80. The summed E-state index contributed by atoms with van der Waals surface area (Å²) in [6.07, 6.45) is 5.48. The Kier molecular flexibility index (Phi) is 6.25. The van der Waals surface area contributed by atoms with Crippen molar-refractivity contribution in [2.45, 2.75) is 78.4 Å². The number of carbonyl (C=O) groups is 1. The first kappa shape index (κ1) is 21.0. The van der Waals surface area contributed by atoms with Crippen molar-refractivity contribution in [2.75, 3.05) is 6.54 Å². The number of fused-ring (bicyclic) bond motifs is 2. The van der Waals surface area contributed by atoms with Crippen molar-refractivity contribution in [1.82, 2.24) is 14.9 Å². The standard InChI is InChI=1S/C21H31N3O3S/c1-13(2)9-10-21(4,27)12-22-18(25)17-14(3)16-19(28-17)23-15-8-6-5-7-11-24(15)20(16)26/h13,27H,5-12H2,1-4H3,(H,22,25). The maximum atomic E-state index is 13.0. The van der Waals surface area contributed by atoms with Crippen LogP contribution in [0.5, 0.6) is 0 Å². The summed E-state index contributed by atoms with van der Waals surface area (Å²) in [4.78, 5) is 31.6. The van der Waals surface area contributed by atoms with Crippen LogP contribution in [0, 0.1) is 12.8 Å². The van der Waals surface area contributed by atoms with Crippen molar-refractivity contribution in [3.8, 4) is 0 Å². The molecule has 2 N–H and O–H groups in total. The molecular weight excluding hydrogens is 374 g/mol. The van der Waals surface area contributed by atoms with Crippen LogP contribution in [0.1, 0.15) is 73.9 Å². The lowest BCUT2D eigenvalue weighted by molar-refractivity contribution is 0.0430. The summed E-state index contributed by atoms with van der Waals surface area (Å²) in [6.45, 7) is 8.68. The van der Waals surface area contributed by atoms with Gasteiger partial charge in [-0.25, -0.2) is 4.98 Å². The van der Waals surface area contributed by atoms with E-state index in [0.717, 1.165) is 37.9 Å². The molecule has 154 valence electrons. The van der Waals surface area contributed by atoms with E-state index in [4.69, 9.17) is 4.98 Å². The Morgan fingerprint density at radius 2 is 2.11 bits per heavy atom. The number of aryl methyl sites for hydroxylation is 2. The second-order valence-corrected chi connectivity index (χ2v) is 9.64. The quantitative estimate of drug-likeness (QED) is 0.771. The Hall–Kier alpha value is -1.73. The highest BCUT2D eigenvalue weighted by molar-refractivity contribution is 7.20. The van der Waals surface area contributed by atoms with E-state index in [-0.39, 0.29) is 18.0 Å². The summed E-state index contributed by atoms with van der Waals surface area (Å²) in [5.41, 5.74) is -0.283. The molecule has 1 unspecified atom stereocenters. The zero-order valence-electron chi connectivity index (χ0n) is 17.3. The molecule has 1 aliphatic rings. The number of aliphatic hydroxyl groups is 1. The van der Waals surface area contributed by atoms with E-state index < -0.39 is 5.60 Å². The van der Waals surface area contributed by atoms with Crippen LogP contribution in [0.15, 0.2) is 4.79 Å². The molecule has 7 heteroatoms. The number of hydrogen-bond acceptors (Lipinski definition) is 5. The monoisotopic (exact) mass is 405 g/mol. The molecule has 0 saturated heterocycles. The highest BCUT2D eigenvalue weighted by atomic mass is 32.1. The molecular formula is C21H31N3O3S. The third kappa shape index (κ3) is 4.46. The third-order valence-corrected chi connectivity index (χ3v) is 6.69. The number of nitrogens with one attached hydrogen (secondary N) is 1. The minimum Gasteiger partial charge on any atom is -0.388 e. The molecule has 0 saturated carbocycles. The second kappa shape index (κ2) is 8.33. The van der Waals surface area contributed by atoms with E-state index in [0.29, 0.717) is 39.5 Å². The minimum absolute atomic E-state index is 0.0290. The van der Waals surface area contributed by atoms with E-state index in [1.165, 1.54) is 11.3 Å². The predicted molar refractivity (Wildman–Crippen MR) is 113 cm³/mol.